The highest BCUT2D eigenvalue weighted by Gasteiger charge is 2.60. The van der Waals surface area contributed by atoms with Gasteiger partial charge in [-0.3, -0.25) is 4.79 Å². The number of ether oxygens (including phenoxy) is 1. The van der Waals surface area contributed by atoms with Gasteiger partial charge in [-0.05, 0) is 31.6 Å². The molecule has 0 spiro atoms. The van der Waals surface area contributed by atoms with Gasteiger partial charge in [-0.15, -0.1) is 0 Å². The molecule has 2 saturated carbocycles. The molecule has 2 unspecified atom stereocenters. The molecule has 0 radical (unpaired) electrons. The summed E-state index contributed by atoms with van der Waals surface area (Å²) in [6.07, 6.45) is 6.32. The van der Waals surface area contributed by atoms with Crippen LogP contribution in [0.1, 0.15) is 51.9 Å². The van der Waals surface area contributed by atoms with E-state index in [-0.39, 0.29) is 5.97 Å². The summed E-state index contributed by atoms with van der Waals surface area (Å²) in [5.74, 6) is 0.316. The van der Waals surface area contributed by atoms with Gasteiger partial charge in [0.05, 0.1) is 18.1 Å². The summed E-state index contributed by atoms with van der Waals surface area (Å²) in [6.45, 7) is 2.16. The Balaban J connectivity index is 2.22. The molecule has 92 valence electrons. The Morgan fingerprint density at radius 2 is 2.00 bits per heavy atom. The lowest BCUT2D eigenvalue weighted by Crippen LogP contribution is -2.59. The third-order valence-electron chi connectivity index (χ3n) is 4.65. The van der Waals surface area contributed by atoms with Gasteiger partial charge >= 0.3 is 5.97 Å². The summed E-state index contributed by atoms with van der Waals surface area (Å²) in [6, 6.07) is 0. The monoisotopic (exact) mass is 226 g/mol. The molecule has 2 aliphatic carbocycles. The number of rotatable bonds is 2. The van der Waals surface area contributed by atoms with Crippen LogP contribution in [0, 0.1) is 11.3 Å². The molecule has 0 aromatic rings. The fourth-order valence-corrected chi connectivity index (χ4v) is 3.54. The van der Waals surface area contributed by atoms with Crippen LogP contribution < -0.4 is 0 Å². The number of carbonyl (C=O) groups is 1. The zero-order chi connectivity index (χ0) is 11.8. The fraction of sp³-hybridized carbons (Fsp3) is 0.923. The van der Waals surface area contributed by atoms with E-state index in [4.69, 9.17) is 4.74 Å². The maximum Gasteiger partial charge on any atom is 0.314 e. The molecular formula is C13H22O3. The number of hydrogen-bond donors (Lipinski definition) is 1. The molecule has 0 heterocycles. The number of esters is 1. The minimum Gasteiger partial charge on any atom is -0.469 e. The summed E-state index contributed by atoms with van der Waals surface area (Å²) in [5.41, 5.74) is -1.40. The van der Waals surface area contributed by atoms with Crippen molar-refractivity contribution in [1.29, 1.82) is 0 Å². The van der Waals surface area contributed by atoms with Crippen molar-refractivity contribution in [3.8, 4) is 0 Å². The summed E-state index contributed by atoms with van der Waals surface area (Å²) < 4.78 is 4.91. The number of carbonyl (C=O) groups excluding carboxylic acids is 1. The van der Waals surface area contributed by atoms with E-state index in [0.29, 0.717) is 5.92 Å². The minimum atomic E-state index is -0.810. The quantitative estimate of drug-likeness (QED) is 0.735. The second-order valence-corrected chi connectivity index (χ2v) is 5.66. The van der Waals surface area contributed by atoms with E-state index in [2.05, 4.69) is 6.92 Å². The first-order chi connectivity index (χ1) is 7.54. The molecule has 0 aromatic heterocycles. The van der Waals surface area contributed by atoms with Crippen molar-refractivity contribution in [1.82, 2.24) is 0 Å². The van der Waals surface area contributed by atoms with E-state index in [1.54, 1.807) is 0 Å². The Morgan fingerprint density at radius 1 is 1.31 bits per heavy atom. The third kappa shape index (κ3) is 1.56. The van der Waals surface area contributed by atoms with Gasteiger partial charge in [0.2, 0.25) is 0 Å². The third-order valence-corrected chi connectivity index (χ3v) is 4.65. The van der Waals surface area contributed by atoms with E-state index < -0.39 is 11.0 Å². The molecule has 2 rings (SSSR count). The zero-order valence-corrected chi connectivity index (χ0v) is 10.3. The van der Waals surface area contributed by atoms with Crippen molar-refractivity contribution < 1.29 is 14.6 Å². The molecule has 3 nitrogen and oxygen atoms in total. The lowest BCUT2D eigenvalue weighted by atomic mass is 9.54. The molecule has 0 saturated heterocycles. The standard InChI is InChI=1S/C13H22O3/c1-10-5-3-8-13(15,9-10)12(6-4-7-12)11(14)16-2/h10,15H,3-9H2,1-2H3. The molecule has 0 bridgehead atoms. The highest BCUT2D eigenvalue weighted by molar-refractivity contribution is 5.79. The first kappa shape index (κ1) is 11.9. The molecule has 2 fully saturated rings. The summed E-state index contributed by atoms with van der Waals surface area (Å²) in [7, 11) is 1.43. The van der Waals surface area contributed by atoms with Crippen LogP contribution in [-0.4, -0.2) is 23.8 Å². The number of aliphatic hydroxyl groups is 1. The summed E-state index contributed by atoms with van der Waals surface area (Å²) in [4.78, 5) is 11.9. The Hall–Kier alpha value is -0.570. The van der Waals surface area contributed by atoms with Gasteiger partial charge in [-0.2, -0.15) is 0 Å². The fourth-order valence-electron chi connectivity index (χ4n) is 3.54. The van der Waals surface area contributed by atoms with Crippen LogP contribution in [0.15, 0.2) is 0 Å². The predicted molar refractivity (Wildman–Crippen MR) is 60.9 cm³/mol. The highest BCUT2D eigenvalue weighted by atomic mass is 16.5. The molecule has 0 aromatic carbocycles. The molecule has 16 heavy (non-hydrogen) atoms. The van der Waals surface area contributed by atoms with Gasteiger partial charge in [0.15, 0.2) is 0 Å². The second kappa shape index (κ2) is 4.02. The smallest absolute Gasteiger partial charge is 0.314 e. The first-order valence-corrected chi connectivity index (χ1v) is 6.35. The Morgan fingerprint density at radius 3 is 2.44 bits per heavy atom. The second-order valence-electron chi connectivity index (χ2n) is 5.66. The normalized spacial score (nSPS) is 37.6. The molecule has 0 amide bonds. The molecule has 0 aliphatic heterocycles. The largest absolute Gasteiger partial charge is 0.469 e. The molecule has 1 N–H and O–H groups in total. The van der Waals surface area contributed by atoms with Gasteiger partial charge < -0.3 is 9.84 Å². The topological polar surface area (TPSA) is 46.5 Å². The summed E-state index contributed by atoms with van der Waals surface area (Å²) >= 11 is 0. The SMILES string of the molecule is COC(=O)C1(C2(O)CCCC(C)C2)CCC1. The van der Waals surface area contributed by atoms with Crippen LogP contribution >= 0.6 is 0 Å². The number of methoxy groups -OCH3 is 1. The van der Waals surface area contributed by atoms with Gasteiger partial charge in [-0.25, -0.2) is 0 Å². The number of hydrogen-bond acceptors (Lipinski definition) is 3. The average molecular weight is 226 g/mol. The van der Waals surface area contributed by atoms with Gasteiger partial charge in [0, 0.05) is 0 Å². The highest BCUT2D eigenvalue weighted by Crippen LogP contribution is 2.56. The van der Waals surface area contributed by atoms with Gasteiger partial charge in [0.25, 0.3) is 0 Å². The predicted octanol–water partition coefficient (Wildman–Crippen LogP) is 2.27. The maximum atomic E-state index is 11.9. The van der Waals surface area contributed by atoms with Gasteiger partial charge in [-0.1, -0.05) is 26.2 Å². The Bertz CT molecular complexity index is 283. The van der Waals surface area contributed by atoms with Crippen LogP contribution in [0.2, 0.25) is 0 Å². The van der Waals surface area contributed by atoms with E-state index >= 15 is 0 Å². The van der Waals surface area contributed by atoms with E-state index in [9.17, 15) is 9.90 Å². The van der Waals surface area contributed by atoms with E-state index in [1.165, 1.54) is 13.5 Å². The van der Waals surface area contributed by atoms with Crippen LogP contribution in [0.4, 0.5) is 0 Å². The van der Waals surface area contributed by atoms with Gasteiger partial charge in [0.1, 0.15) is 0 Å². The maximum absolute atomic E-state index is 11.9. The van der Waals surface area contributed by atoms with Crippen LogP contribution in [0.5, 0.6) is 0 Å². The van der Waals surface area contributed by atoms with Crippen molar-refractivity contribution in [3.63, 3.8) is 0 Å². The average Bonchev–Trinajstić information content (AvgIpc) is 2.14. The molecule has 2 aliphatic rings. The molecule has 3 heteroatoms. The van der Waals surface area contributed by atoms with E-state index in [1.807, 2.05) is 0 Å². The van der Waals surface area contributed by atoms with Crippen LogP contribution in [0.25, 0.3) is 0 Å². The van der Waals surface area contributed by atoms with Crippen molar-refractivity contribution in [2.75, 3.05) is 7.11 Å². The van der Waals surface area contributed by atoms with Crippen molar-refractivity contribution in [2.24, 2.45) is 11.3 Å². The van der Waals surface area contributed by atoms with Crippen molar-refractivity contribution in [3.05, 3.63) is 0 Å². The van der Waals surface area contributed by atoms with E-state index in [0.717, 1.165) is 38.5 Å². The summed E-state index contributed by atoms with van der Waals surface area (Å²) in [5, 5.41) is 10.8. The van der Waals surface area contributed by atoms with Crippen molar-refractivity contribution in [2.45, 2.75) is 57.5 Å². The Kier molecular flexibility index (Phi) is 2.99. The zero-order valence-electron chi connectivity index (χ0n) is 10.3. The molecule has 2 atom stereocenters. The Labute approximate surface area is 97.2 Å². The lowest BCUT2D eigenvalue weighted by Gasteiger charge is -2.53. The van der Waals surface area contributed by atoms with Crippen molar-refractivity contribution >= 4 is 5.97 Å². The molecular weight excluding hydrogens is 204 g/mol. The van der Waals surface area contributed by atoms with Crippen LogP contribution in [-0.2, 0) is 9.53 Å². The first-order valence-electron chi connectivity index (χ1n) is 6.35. The lowest BCUT2D eigenvalue weighted by molar-refractivity contribution is -0.197. The van der Waals surface area contributed by atoms with Crippen LogP contribution in [0.3, 0.4) is 0 Å². The minimum absolute atomic E-state index is 0.199.